The molecule has 0 radical (unpaired) electrons. The van der Waals surface area contributed by atoms with E-state index in [-0.39, 0.29) is 5.41 Å². The van der Waals surface area contributed by atoms with Crippen LogP contribution in [0, 0.1) is 21.7 Å². The number of hydrogen-bond donors (Lipinski definition) is 0. The van der Waals surface area contributed by atoms with E-state index in [0.717, 1.165) is 12.8 Å². The van der Waals surface area contributed by atoms with Gasteiger partial charge in [0.25, 0.3) is 0 Å². The summed E-state index contributed by atoms with van der Waals surface area (Å²) in [5, 5.41) is 0. The van der Waals surface area contributed by atoms with E-state index in [0.29, 0.717) is 29.8 Å². The van der Waals surface area contributed by atoms with E-state index in [1.54, 1.807) is 0 Å². The minimum Gasteiger partial charge on any atom is -0.165 e. The molecule has 0 aliphatic rings. The van der Waals surface area contributed by atoms with E-state index >= 15 is 0 Å². The first-order chi connectivity index (χ1) is 24.2. The Balaban J connectivity index is -0.000000101. The lowest BCUT2D eigenvalue weighted by Gasteiger charge is -2.40. The monoisotopic (exact) mass is 854 g/mol. The van der Waals surface area contributed by atoms with Crippen LogP contribution < -0.4 is 0 Å². The molecular weight excluding hydrogens is 745 g/mol. The van der Waals surface area contributed by atoms with Gasteiger partial charge in [0.15, 0.2) is 0 Å². The Bertz CT molecular complexity index is 748. The van der Waals surface area contributed by atoms with Gasteiger partial charge in [0.2, 0.25) is 0 Å². The zero-order valence-corrected chi connectivity index (χ0v) is 46.5. The summed E-state index contributed by atoms with van der Waals surface area (Å²) in [4.78, 5) is 0. The second kappa shape index (κ2) is 35.1. The van der Waals surface area contributed by atoms with E-state index in [1.165, 1.54) is 35.9 Å². The standard InChI is InChI=1S/C10H22.3C8H18S.3C4H10S/c1-7-10(6,8-2)9(3,4)5;2*1-7(2,3)8(4,5)9-6;1-7(2,3)9-8(4,5)6;2*1-3-4-5-2;1-3-5-4-2/h7-8H2,1-6H3;3*1-6H3;3*3-4H2,1-2H3/i3D3;;;;;;. The van der Waals surface area contributed by atoms with Crippen molar-refractivity contribution >= 4 is 70.6 Å². The maximum absolute atomic E-state index is 7.53. The molecule has 0 atom stereocenters. The molecule has 0 unspecified atom stereocenters. The fourth-order valence-corrected chi connectivity index (χ4v) is 7.56. The van der Waals surface area contributed by atoms with E-state index in [9.17, 15) is 0 Å². The van der Waals surface area contributed by atoms with Gasteiger partial charge in [-0.05, 0) is 82.5 Å². The fourth-order valence-electron chi connectivity index (χ4n) is 3.28. The molecule has 0 aromatic rings. The van der Waals surface area contributed by atoms with Gasteiger partial charge in [-0.3, -0.25) is 0 Å². The van der Waals surface area contributed by atoms with Crippen LogP contribution in [-0.2, 0) is 0 Å². The Hall–Kier alpha value is 2.10. The summed E-state index contributed by atoms with van der Waals surface area (Å²) >= 11 is 11.6. The molecule has 0 saturated heterocycles. The molecule has 0 nitrogen and oxygen atoms in total. The zero-order chi connectivity index (χ0) is 46.4. The lowest BCUT2D eigenvalue weighted by molar-refractivity contribution is 0.0975. The molecule has 0 aromatic carbocycles. The average Bonchev–Trinajstić information content (AvgIpc) is 3.00. The van der Waals surface area contributed by atoms with Crippen LogP contribution in [0.25, 0.3) is 0 Å². The van der Waals surface area contributed by atoms with Crippen molar-refractivity contribution in [2.75, 3.05) is 48.0 Å². The van der Waals surface area contributed by atoms with Crippen molar-refractivity contribution in [3.05, 3.63) is 0 Å². The van der Waals surface area contributed by atoms with Crippen molar-refractivity contribution in [2.24, 2.45) is 21.7 Å². The Morgan fingerprint density at radius 3 is 0.712 bits per heavy atom. The smallest absolute Gasteiger partial charge is 0.0236 e. The molecular formula is C46H106S6. The summed E-state index contributed by atoms with van der Waals surface area (Å²) in [6.07, 6.45) is 13.0. The van der Waals surface area contributed by atoms with E-state index in [2.05, 4.69) is 184 Å². The van der Waals surface area contributed by atoms with E-state index in [4.69, 9.17) is 4.11 Å². The Kier molecular flexibility index (Phi) is 41.0. The van der Waals surface area contributed by atoms with Crippen LogP contribution in [0.1, 0.15) is 210 Å². The van der Waals surface area contributed by atoms with Crippen LogP contribution in [0.4, 0.5) is 0 Å². The van der Waals surface area contributed by atoms with Crippen LogP contribution >= 0.6 is 70.6 Å². The van der Waals surface area contributed by atoms with Crippen LogP contribution in [0.3, 0.4) is 0 Å². The van der Waals surface area contributed by atoms with Crippen molar-refractivity contribution in [3.8, 4) is 0 Å². The lowest BCUT2D eigenvalue weighted by Crippen LogP contribution is -2.32. The normalized spacial score (nSPS) is 13.4. The Labute approximate surface area is 366 Å². The molecule has 0 bridgehead atoms. The number of hydrogen-bond acceptors (Lipinski definition) is 6. The summed E-state index contributed by atoms with van der Waals surface area (Å²) < 4.78 is 24.2. The molecule has 0 aliphatic heterocycles. The quantitative estimate of drug-likeness (QED) is 0.213. The Morgan fingerprint density at radius 2 is 0.692 bits per heavy atom. The average molecular weight is 855 g/mol. The SMILES string of the molecule is CC(C)(C)SC(C)(C)C.CCCSC.CCCSC.CCSCC.CSC(C)(C)C(C)(C)C.CSC(C)(C)C(C)(C)C.[2H]C([2H])([2H])C(C)(C)C(C)(CC)CC. The maximum Gasteiger partial charge on any atom is 0.0236 e. The minimum absolute atomic E-state index is 0.0990. The van der Waals surface area contributed by atoms with E-state index < -0.39 is 12.3 Å². The molecule has 0 N–H and O–H groups in total. The minimum atomic E-state index is -1.87. The van der Waals surface area contributed by atoms with Crippen LogP contribution in [0.2, 0.25) is 0 Å². The molecule has 0 saturated carbocycles. The first kappa shape index (κ1) is 60.8. The molecule has 0 aromatic heterocycles. The van der Waals surface area contributed by atoms with Gasteiger partial charge in [0, 0.05) is 23.1 Å². The van der Waals surface area contributed by atoms with Crippen molar-refractivity contribution in [1.29, 1.82) is 0 Å². The van der Waals surface area contributed by atoms with Crippen molar-refractivity contribution < 1.29 is 4.11 Å². The van der Waals surface area contributed by atoms with Gasteiger partial charge in [-0.2, -0.15) is 70.6 Å². The van der Waals surface area contributed by atoms with Crippen molar-refractivity contribution in [2.45, 2.75) is 225 Å². The van der Waals surface area contributed by atoms with Crippen LogP contribution in [0.5, 0.6) is 0 Å². The highest BCUT2D eigenvalue weighted by Gasteiger charge is 2.34. The predicted molar refractivity (Wildman–Crippen MR) is 275 cm³/mol. The van der Waals surface area contributed by atoms with Gasteiger partial charge < -0.3 is 0 Å². The van der Waals surface area contributed by atoms with Gasteiger partial charge in [0.1, 0.15) is 0 Å². The van der Waals surface area contributed by atoms with Crippen molar-refractivity contribution in [3.63, 3.8) is 0 Å². The second-order valence-electron chi connectivity index (χ2n) is 18.9. The molecule has 0 spiro atoms. The highest BCUT2D eigenvalue weighted by Crippen LogP contribution is 2.44. The molecule has 6 heteroatoms. The summed E-state index contributed by atoms with van der Waals surface area (Å²) in [7, 11) is 0. The molecule has 0 aliphatic carbocycles. The summed E-state index contributed by atoms with van der Waals surface area (Å²) in [5.41, 5.74) is 0.112. The highest BCUT2D eigenvalue weighted by molar-refractivity contribution is 8.02. The largest absolute Gasteiger partial charge is 0.165 e. The van der Waals surface area contributed by atoms with Gasteiger partial charge in [-0.1, -0.05) is 193 Å². The topological polar surface area (TPSA) is 0 Å². The third-order valence-electron chi connectivity index (χ3n) is 9.54. The van der Waals surface area contributed by atoms with Crippen LogP contribution in [-0.4, -0.2) is 67.0 Å². The third kappa shape index (κ3) is 48.2. The van der Waals surface area contributed by atoms with Gasteiger partial charge in [0.05, 0.1) is 0 Å². The first-order valence-electron chi connectivity index (χ1n) is 21.6. The predicted octanol–water partition coefficient (Wildman–Crippen LogP) is 18.8. The fraction of sp³-hybridized carbons (Fsp3) is 1.00. The van der Waals surface area contributed by atoms with Crippen LogP contribution in [0.15, 0.2) is 0 Å². The molecule has 326 valence electrons. The Morgan fingerprint density at radius 1 is 0.423 bits per heavy atom. The zero-order valence-electron chi connectivity index (χ0n) is 44.6. The molecule has 0 heterocycles. The lowest BCUT2D eigenvalue weighted by atomic mass is 9.65. The summed E-state index contributed by atoms with van der Waals surface area (Å²) in [5.74, 6) is 5.13. The van der Waals surface area contributed by atoms with Gasteiger partial charge >= 0.3 is 0 Å². The van der Waals surface area contributed by atoms with E-state index in [1.807, 2.05) is 84.4 Å². The molecule has 0 amide bonds. The summed E-state index contributed by atoms with van der Waals surface area (Å²) in [6, 6.07) is 0. The number of rotatable bonds is 10. The van der Waals surface area contributed by atoms with Crippen molar-refractivity contribution in [1.82, 2.24) is 0 Å². The summed E-state index contributed by atoms with van der Waals surface area (Å²) in [6.45, 7) is 53.1. The van der Waals surface area contributed by atoms with Gasteiger partial charge in [-0.25, -0.2) is 0 Å². The molecule has 0 fully saturated rings. The first-order valence-corrected chi connectivity index (χ1v) is 27.3. The molecule has 52 heavy (non-hydrogen) atoms. The molecule has 0 rings (SSSR count). The highest BCUT2D eigenvalue weighted by atomic mass is 32.2. The maximum atomic E-state index is 7.53. The third-order valence-corrected chi connectivity index (χ3v) is 16.5. The van der Waals surface area contributed by atoms with Gasteiger partial charge in [-0.15, -0.1) is 0 Å². The number of thioether (sulfide) groups is 6. The second-order valence-corrected chi connectivity index (χ2v) is 28.0.